The highest BCUT2D eigenvalue weighted by molar-refractivity contribution is 5.48. The molecule has 0 aromatic heterocycles. The van der Waals surface area contributed by atoms with Crippen molar-refractivity contribution in [3.05, 3.63) is 41.2 Å². The van der Waals surface area contributed by atoms with Crippen molar-refractivity contribution < 1.29 is 17.6 Å². The van der Waals surface area contributed by atoms with Gasteiger partial charge in [-0.25, -0.2) is 4.39 Å². The van der Waals surface area contributed by atoms with Crippen LogP contribution in [0.4, 0.5) is 23.2 Å². The van der Waals surface area contributed by atoms with Gasteiger partial charge in [0, 0.05) is 6.54 Å². The fraction of sp³-hybridized carbons (Fsp3) is 0.500. The van der Waals surface area contributed by atoms with Gasteiger partial charge in [-0.05, 0) is 49.8 Å². The Morgan fingerprint density at radius 2 is 2.00 bits per heavy atom. The zero-order valence-corrected chi connectivity index (χ0v) is 12.1. The van der Waals surface area contributed by atoms with Crippen LogP contribution in [0.1, 0.15) is 32.3 Å². The molecule has 1 aromatic carbocycles. The first kappa shape index (κ1) is 15.9. The van der Waals surface area contributed by atoms with Crippen LogP contribution in [-0.4, -0.2) is 6.54 Å². The van der Waals surface area contributed by atoms with Gasteiger partial charge in [0.05, 0.1) is 11.3 Å². The first-order chi connectivity index (χ1) is 9.75. The van der Waals surface area contributed by atoms with Crippen LogP contribution in [0.25, 0.3) is 0 Å². The molecule has 1 aromatic rings. The minimum Gasteiger partial charge on any atom is -0.382 e. The smallest absolute Gasteiger partial charge is 0.382 e. The maximum absolute atomic E-state index is 13.6. The lowest BCUT2D eigenvalue weighted by molar-refractivity contribution is -0.137. The maximum atomic E-state index is 13.6. The van der Waals surface area contributed by atoms with E-state index in [0.717, 1.165) is 31.0 Å². The average molecular weight is 301 g/mol. The summed E-state index contributed by atoms with van der Waals surface area (Å²) in [7, 11) is 0. The van der Waals surface area contributed by atoms with Crippen LogP contribution >= 0.6 is 0 Å². The summed E-state index contributed by atoms with van der Waals surface area (Å²) in [6.45, 7) is 4.64. The van der Waals surface area contributed by atoms with Crippen molar-refractivity contribution in [3.63, 3.8) is 0 Å². The van der Waals surface area contributed by atoms with Crippen molar-refractivity contribution >= 4 is 5.69 Å². The zero-order valence-electron chi connectivity index (χ0n) is 12.1. The molecule has 21 heavy (non-hydrogen) atoms. The number of rotatable bonds is 3. The van der Waals surface area contributed by atoms with Gasteiger partial charge in [-0.3, -0.25) is 0 Å². The topological polar surface area (TPSA) is 12.0 Å². The first-order valence-corrected chi connectivity index (χ1v) is 7.03. The summed E-state index contributed by atoms with van der Waals surface area (Å²) < 4.78 is 51.5. The number of halogens is 4. The number of hydrogen-bond donors (Lipinski definition) is 1. The maximum Gasteiger partial charge on any atom is 0.416 e. The Labute approximate surface area is 122 Å². The van der Waals surface area contributed by atoms with Gasteiger partial charge in [-0.1, -0.05) is 18.6 Å². The summed E-state index contributed by atoms with van der Waals surface area (Å²) in [6.07, 6.45) is -0.382. The Balaban J connectivity index is 2.05. The van der Waals surface area contributed by atoms with E-state index in [1.165, 1.54) is 5.57 Å². The highest BCUT2D eigenvalue weighted by Gasteiger charge is 2.31. The van der Waals surface area contributed by atoms with Crippen molar-refractivity contribution in [3.8, 4) is 0 Å². The van der Waals surface area contributed by atoms with Gasteiger partial charge in [0.1, 0.15) is 5.82 Å². The Morgan fingerprint density at radius 1 is 1.29 bits per heavy atom. The van der Waals surface area contributed by atoms with E-state index in [9.17, 15) is 17.6 Å². The molecule has 1 aliphatic rings. The summed E-state index contributed by atoms with van der Waals surface area (Å²) in [5, 5.41) is 2.83. The van der Waals surface area contributed by atoms with E-state index < -0.39 is 17.6 Å². The number of anilines is 1. The monoisotopic (exact) mass is 301 g/mol. The minimum absolute atomic E-state index is 0.0790. The average Bonchev–Trinajstić information content (AvgIpc) is 2.35. The molecule has 0 bridgehead atoms. The van der Waals surface area contributed by atoms with Gasteiger partial charge in [0.2, 0.25) is 0 Å². The predicted octanol–water partition coefficient (Wildman–Crippen LogP) is 5.25. The van der Waals surface area contributed by atoms with E-state index >= 15 is 0 Å². The minimum atomic E-state index is -4.46. The molecular formula is C16H19F4N. The van der Waals surface area contributed by atoms with Crippen molar-refractivity contribution in [1.29, 1.82) is 0 Å². The Bertz CT molecular complexity index is 534. The molecule has 1 aliphatic carbocycles. The molecule has 1 nitrogen and oxygen atoms in total. The molecule has 2 unspecified atom stereocenters. The van der Waals surface area contributed by atoms with Gasteiger partial charge < -0.3 is 5.32 Å². The number of alkyl halides is 3. The summed E-state index contributed by atoms with van der Waals surface area (Å²) in [5.74, 6) is 0.120. The summed E-state index contributed by atoms with van der Waals surface area (Å²) in [5.41, 5.74) is 0.370. The molecular weight excluding hydrogens is 282 g/mol. The third kappa shape index (κ3) is 4.22. The van der Waals surface area contributed by atoms with Gasteiger partial charge in [0.15, 0.2) is 0 Å². The van der Waals surface area contributed by atoms with E-state index in [2.05, 4.69) is 18.3 Å². The van der Waals surface area contributed by atoms with Gasteiger partial charge in [-0.2, -0.15) is 13.2 Å². The molecule has 0 aliphatic heterocycles. The zero-order chi connectivity index (χ0) is 15.6. The molecule has 0 radical (unpaired) electrons. The summed E-state index contributed by atoms with van der Waals surface area (Å²) in [6, 6.07) is 2.46. The number of nitrogens with one attached hydrogen (secondary N) is 1. The molecule has 0 saturated heterocycles. The quantitative estimate of drug-likeness (QED) is 0.594. The standard InChI is InChI=1S/C16H19F4N/c1-10-5-11(2)7-12(6-10)9-21-15-8-13(16(18,19)20)3-4-14(15)17/h3-5,8,10,12,21H,6-7,9H2,1-2H3. The molecule has 5 heteroatoms. The van der Waals surface area contributed by atoms with Crippen LogP contribution in [-0.2, 0) is 6.18 Å². The lowest BCUT2D eigenvalue weighted by atomic mass is 9.83. The van der Waals surface area contributed by atoms with E-state index in [-0.39, 0.29) is 5.69 Å². The molecule has 116 valence electrons. The number of benzene rings is 1. The third-order valence-electron chi connectivity index (χ3n) is 3.76. The highest BCUT2D eigenvalue weighted by Crippen LogP contribution is 2.32. The van der Waals surface area contributed by atoms with Crippen molar-refractivity contribution in [2.24, 2.45) is 11.8 Å². The van der Waals surface area contributed by atoms with Crippen LogP contribution < -0.4 is 5.32 Å². The van der Waals surface area contributed by atoms with Crippen LogP contribution in [0.15, 0.2) is 29.8 Å². The largest absolute Gasteiger partial charge is 0.416 e. The number of hydrogen-bond acceptors (Lipinski definition) is 1. The highest BCUT2D eigenvalue weighted by atomic mass is 19.4. The number of allylic oxidation sites excluding steroid dienone is 2. The first-order valence-electron chi connectivity index (χ1n) is 7.03. The fourth-order valence-electron chi connectivity index (χ4n) is 2.93. The molecule has 0 spiro atoms. The van der Waals surface area contributed by atoms with Crippen molar-refractivity contribution in [2.45, 2.75) is 32.9 Å². The molecule has 0 heterocycles. The summed E-state index contributed by atoms with van der Waals surface area (Å²) in [4.78, 5) is 0. The SMILES string of the molecule is CC1=CC(C)CC(CNc2cc(C(F)(F)F)ccc2F)C1. The normalized spacial score (nSPS) is 22.9. The third-order valence-corrected chi connectivity index (χ3v) is 3.76. The molecule has 0 amide bonds. The fourth-order valence-corrected chi connectivity index (χ4v) is 2.93. The molecule has 2 rings (SSSR count). The van der Waals surface area contributed by atoms with Gasteiger partial charge >= 0.3 is 6.18 Å². The lowest BCUT2D eigenvalue weighted by Gasteiger charge is -2.26. The van der Waals surface area contributed by atoms with Gasteiger partial charge in [-0.15, -0.1) is 0 Å². The Kier molecular flexibility index (Phi) is 4.59. The van der Waals surface area contributed by atoms with E-state index in [0.29, 0.717) is 18.4 Å². The summed E-state index contributed by atoms with van der Waals surface area (Å²) >= 11 is 0. The molecule has 2 atom stereocenters. The van der Waals surface area contributed by atoms with Crippen LogP contribution in [0.5, 0.6) is 0 Å². The molecule has 1 N–H and O–H groups in total. The molecule has 0 saturated carbocycles. The van der Waals surface area contributed by atoms with Crippen molar-refractivity contribution in [2.75, 3.05) is 11.9 Å². The van der Waals surface area contributed by atoms with E-state index in [1.807, 2.05) is 6.92 Å². The Morgan fingerprint density at radius 3 is 2.62 bits per heavy atom. The lowest BCUT2D eigenvalue weighted by Crippen LogP contribution is -2.20. The second-order valence-corrected chi connectivity index (χ2v) is 5.87. The second-order valence-electron chi connectivity index (χ2n) is 5.87. The van der Waals surface area contributed by atoms with E-state index in [1.54, 1.807) is 0 Å². The van der Waals surface area contributed by atoms with Crippen LogP contribution in [0.3, 0.4) is 0 Å². The Hall–Kier alpha value is -1.52. The van der Waals surface area contributed by atoms with Crippen molar-refractivity contribution in [1.82, 2.24) is 0 Å². The van der Waals surface area contributed by atoms with E-state index in [4.69, 9.17) is 0 Å². The second kappa shape index (κ2) is 6.08. The molecule has 0 fully saturated rings. The predicted molar refractivity (Wildman–Crippen MR) is 75.5 cm³/mol. The van der Waals surface area contributed by atoms with Crippen LogP contribution in [0.2, 0.25) is 0 Å². The van der Waals surface area contributed by atoms with Crippen LogP contribution in [0, 0.1) is 17.7 Å². The van der Waals surface area contributed by atoms with Gasteiger partial charge in [0.25, 0.3) is 0 Å².